The minimum absolute atomic E-state index is 0.0932. The van der Waals surface area contributed by atoms with Gasteiger partial charge in [-0.15, -0.1) is 0 Å². The number of amides is 2. The Morgan fingerprint density at radius 1 is 1.00 bits per heavy atom. The Hall–Kier alpha value is -3.21. The van der Waals surface area contributed by atoms with Crippen molar-refractivity contribution in [3.8, 4) is 0 Å². The monoisotopic (exact) mass is 345 g/mol. The highest BCUT2D eigenvalue weighted by atomic mass is 16.2. The summed E-state index contributed by atoms with van der Waals surface area (Å²) in [6.07, 6.45) is 3.69. The van der Waals surface area contributed by atoms with Crippen molar-refractivity contribution in [3.63, 3.8) is 0 Å². The van der Waals surface area contributed by atoms with Crippen LogP contribution in [0.25, 0.3) is 10.9 Å². The number of aromatic nitrogens is 1. The molecule has 0 unspecified atom stereocenters. The molecule has 0 radical (unpaired) electrons. The molecule has 2 aromatic carbocycles. The SMILES string of the molecule is O=C(NCc1ccc(NC(=O)C2CC2)cc1)c1cccc2ncccc12. The molecule has 26 heavy (non-hydrogen) atoms. The van der Waals surface area contributed by atoms with Crippen LogP contribution in [0.4, 0.5) is 5.69 Å². The fourth-order valence-electron chi connectivity index (χ4n) is 2.87. The molecule has 1 aromatic heterocycles. The Balaban J connectivity index is 1.40. The second-order valence-corrected chi connectivity index (χ2v) is 6.52. The minimum atomic E-state index is -0.130. The summed E-state index contributed by atoms with van der Waals surface area (Å²) in [6.45, 7) is 0.423. The van der Waals surface area contributed by atoms with Crippen molar-refractivity contribution in [1.82, 2.24) is 10.3 Å². The fourth-order valence-corrected chi connectivity index (χ4v) is 2.87. The van der Waals surface area contributed by atoms with Gasteiger partial charge in [-0.25, -0.2) is 0 Å². The van der Waals surface area contributed by atoms with Crippen LogP contribution in [0.3, 0.4) is 0 Å². The molecule has 5 heteroatoms. The van der Waals surface area contributed by atoms with E-state index >= 15 is 0 Å². The smallest absolute Gasteiger partial charge is 0.252 e. The zero-order chi connectivity index (χ0) is 17.9. The third-order valence-corrected chi connectivity index (χ3v) is 4.51. The number of hydrogen-bond acceptors (Lipinski definition) is 3. The summed E-state index contributed by atoms with van der Waals surface area (Å²) < 4.78 is 0. The predicted octanol–water partition coefficient (Wildman–Crippen LogP) is 3.51. The lowest BCUT2D eigenvalue weighted by Crippen LogP contribution is -2.23. The van der Waals surface area contributed by atoms with Gasteiger partial charge in [-0.05, 0) is 48.7 Å². The third-order valence-electron chi connectivity index (χ3n) is 4.51. The molecule has 0 atom stereocenters. The van der Waals surface area contributed by atoms with Crippen LogP contribution in [-0.2, 0) is 11.3 Å². The zero-order valence-corrected chi connectivity index (χ0v) is 14.2. The highest BCUT2D eigenvalue weighted by Crippen LogP contribution is 2.30. The quantitative estimate of drug-likeness (QED) is 0.743. The zero-order valence-electron chi connectivity index (χ0n) is 14.2. The molecule has 4 rings (SSSR count). The number of benzene rings is 2. The van der Waals surface area contributed by atoms with Gasteiger partial charge in [0.2, 0.25) is 5.91 Å². The summed E-state index contributed by atoms with van der Waals surface area (Å²) >= 11 is 0. The summed E-state index contributed by atoms with van der Waals surface area (Å²) in [4.78, 5) is 28.6. The molecule has 2 amide bonds. The summed E-state index contributed by atoms with van der Waals surface area (Å²) in [7, 11) is 0. The average Bonchev–Trinajstić information content (AvgIpc) is 3.52. The highest BCUT2D eigenvalue weighted by molar-refractivity contribution is 6.06. The van der Waals surface area contributed by atoms with Gasteiger partial charge >= 0.3 is 0 Å². The molecule has 0 spiro atoms. The van der Waals surface area contributed by atoms with Gasteiger partial charge in [0.15, 0.2) is 0 Å². The van der Waals surface area contributed by atoms with E-state index in [2.05, 4.69) is 15.6 Å². The van der Waals surface area contributed by atoms with Crippen molar-refractivity contribution in [2.75, 3.05) is 5.32 Å². The minimum Gasteiger partial charge on any atom is -0.348 e. The van der Waals surface area contributed by atoms with Gasteiger partial charge < -0.3 is 10.6 Å². The van der Waals surface area contributed by atoms with E-state index in [-0.39, 0.29) is 17.7 Å². The topological polar surface area (TPSA) is 71.1 Å². The molecule has 2 N–H and O–H groups in total. The molecular formula is C21H19N3O2. The second-order valence-electron chi connectivity index (χ2n) is 6.52. The molecule has 130 valence electrons. The summed E-state index contributed by atoms with van der Waals surface area (Å²) in [5, 5.41) is 6.69. The molecule has 1 aliphatic rings. The van der Waals surface area contributed by atoms with E-state index in [9.17, 15) is 9.59 Å². The Morgan fingerprint density at radius 2 is 1.81 bits per heavy atom. The van der Waals surface area contributed by atoms with Crippen LogP contribution in [0.5, 0.6) is 0 Å². The van der Waals surface area contributed by atoms with Gasteiger partial charge in [0.05, 0.1) is 5.52 Å². The summed E-state index contributed by atoms with van der Waals surface area (Å²) in [6, 6.07) is 16.8. The van der Waals surface area contributed by atoms with Crippen LogP contribution in [0, 0.1) is 5.92 Å². The molecule has 0 bridgehead atoms. The number of hydrogen-bond donors (Lipinski definition) is 2. The van der Waals surface area contributed by atoms with E-state index in [1.807, 2.05) is 48.5 Å². The summed E-state index contributed by atoms with van der Waals surface area (Å²) in [5.74, 6) is 0.148. The van der Waals surface area contributed by atoms with Gasteiger partial charge in [-0.2, -0.15) is 0 Å². The first-order valence-electron chi connectivity index (χ1n) is 8.72. The Bertz CT molecular complexity index is 957. The van der Waals surface area contributed by atoms with E-state index in [1.165, 1.54) is 0 Å². The van der Waals surface area contributed by atoms with Gasteiger partial charge in [-0.1, -0.05) is 24.3 Å². The molecule has 1 aliphatic carbocycles. The van der Waals surface area contributed by atoms with Crippen LogP contribution in [0.1, 0.15) is 28.8 Å². The van der Waals surface area contributed by atoms with Crippen molar-refractivity contribution in [3.05, 3.63) is 71.9 Å². The highest BCUT2D eigenvalue weighted by Gasteiger charge is 2.29. The molecule has 5 nitrogen and oxygen atoms in total. The number of carbonyl (C=O) groups is 2. The standard InChI is InChI=1S/C21H19N3O2/c25-20(15-8-9-15)24-16-10-6-14(7-11-16)13-23-21(26)18-3-1-5-19-17(18)4-2-12-22-19/h1-7,10-12,15H,8-9,13H2,(H,23,26)(H,24,25). The van der Waals surface area contributed by atoms with Gasteiger partial charge in [0.1, 0.15) is 0 Å². The van der Waals surface area contributed by atoms with E-state index < -0.39 is 0 Å². The van der Waals surface area contributed by atoms with Crippen LogP contribution in [0.15, 0.2) is 60.8 Å². The Labute approximate surface area is 151 Å². The normalized spacial score (nSPS) is 13.4. The van der Waals surface area contributed by atoms with Crippen molar-refractivity contribution in [1.29, 1.82) is 0 Å². The van der Waals surface area contributed by atoms with Crippen molar-refractivity contribution < 1.29 is 9.59 Å². The molecule has 1 heterocycles. The molecule has 0 saturated heterocycles. The number of nitrogens with zero attached hydrogens (tertiary/aromatic N) is 1. The Morgan fingerprint density at radius 3 is 2.58 bits per heavy atom. The van der Waals surface area contributed by atoms with Gasteiger partial charge in [0.25, 0.3) is 5.91 Å². The lowest BCUT2D eigenvalue weighted by molar-refractivity contribution is -0.117. The van der Waals surface area contributed by atoms with Crippen molar-refractivity contribution >= 4 is 28.4 Å². The number of fused-ring (bicyclic) bond motifs is 1. The number of rotatable bonds is 5. The van der Waals surface area contributed by atoms with E-state index in [1.54, 1.807) is 12.3 Å². The molecule has 1 saturated carbocycles. The number of anilines is 1. The lowest BCUT2D eigenvalue weighted by Gasteiger charge is -2.09. The Kier molecular flexibility index (Phi) is 4.35. The van der Waals surface area contributed by atoms with Gasteiger partial charge in [-0.3, -0.25) is 14.6 Å². The summed E-state index contributed by atoms with van der Waals surface area (Å²) in [5.41, 5.74) is 3.18. The second kappa shape index (κ2) is 6.96. The van der Waals surface area contributed by atoms with E-state index in [0.717, 1.165) is 35.0 Å². The number of carbonyl (C=O) groups excluding carboxylic acids is 2. The van der Waals surface area contributed by atoms with Crippen molar-refractivity contribution in [2.24, 2.45) is 5.92 Å². The molecule has 0 aliphatic heterocycles. The molecule has 3 aromatic rings. The molecular weight excluding hydrogens is 326 g/mol. The maximum absolute atomic E-state index is 12.5. The average molecular weight is 345 g/mol. The maximum Gasteiger partial charge on any atom is 0.252 e. The first-order valence-corrected chi connectivity index (χ1v) is 8.72. The van der Waals surface area contributed by atoms with Crippen LogP contribution >= 0.6 is 0 Å². The first kappa shape index (κ1) is 16.3. The van der Waals surface area contributed by atoms with E-state index in [0.29, 0.717) is 12.1 Å². The lowest BCUT2D eigenvalue weighted by atomic mass is 10.1. The third kappa shape index (κ3) is 3.57. The largest absolute Gasteiger partial charge is 0.348 e. The van der Waals surface area contributed by atoms with Crippen LogP contribution in [0.2, 0.25) is 0 Å². The van der Waals surface area contributed by atoms with Gasteiger partial charge in [0, 0.05) is 35.3 Å². The van der Waals surface area contributed by atoms with Crippen molar-refractivity contribution in [2.45, 2.75) is 19.4 Å². The number of pyridine rings is 1. The molecule has 1 fully saturated rings. The first-order chi connectivity index (χ1) is 12.7. The maximum atomic E-state index is 12.5. The number of nitrogens with one attached hydrogen (secondary N) is 2. The van der Waals surface area contributed by atoms with Crippen LogP contribution in [-0.4, -0.2) is 16.8 Å². The predicted molar refractivity (Wildman–Crippen MR) is 101 cm³/mol. The fraction of sp³-hybridized carbons (Fsp3) is 0.190. The van der Waals surface area contributed by atoms with Crippen LogP contribution < -0.4 is 10.6 Å². The van der Waals surface area contributed by atoms with E-state index in [4.69, 9.17) is 0 Å².